The second kappa shape index (κ2) is 4.96. The first-order valence-electron chi connectivity index (χ1n) is 3.71. The number of amides is 2. The highest BCUT2D eigenvalue weighted by molar-refractivity contribution is 5.73. The summed E-state index contributed by atoms with van der Waals surface area (Å²) in [6.07, 6.45) is 0.229. The van der Waals surface area contributed by atoms with Gasteiger partial charge in [0.05, 0.1) is 6.10 Å². The molecule has 0 aliphatic heterocycles. The summed E-state index contributed by atoms with van der Waals surface area (Å²) in [6, 6.07) is -0.169. The Labute approximate surface area is 67.2 Å². The van der Waals surface area contributed by atoms with Crippen LogP contribution in [-0.4, -0.2) is 42.8 Å². The van der Waals surface area contributed by atoms with Gasteiger partial charge in [-0.25, -0.2) is 4.79 Å². The number of hydrogen-bond acceptors (Lipinski definition) is 2. The molecule has 4 heteroatoms. The van der Waals surface area contributed by atoms with E-state index in [1.165, 1.54) is 4.90 Å². The first-order valence-corrected chi connectivity index (χ1v) is 3.71. The summed E-state index contributed by atoms with van der Waals surface area (Å²) in [7, 11) is 3.32. The number of nitrogens with zero attached hydrogens (tertiary/aromatic N) is 1. The molecule has 1 unspecified atom stereocenters. The molecule has 0 aromatic carbocycles. The van der Waals surface area contributed by atoms with Gasteiger partial charge in [0.2, 0.25) is 0 Å². The molecule has 0 fully saturated rings. The van der Waals surface area contributed by atoms with Crippen molar-refractivity contribution in [3.63, 3.8) is 0 Å². The van der Waals surface area contributed by atoms with Crippen molar-refractivity contribution in [2.24, 2.45) is 0 Å². The Bertz CT molecular complexity index is 126. The van der Waals surface area contributed by atoms with E-state index in [1.807, 2.05) is 6.92 Å². The van der Waals surface area contributed by atoms with E-state index in [-0.39, 0.29) is 6.03 Å². The molecule has 2 amide bonds. The molecular formula is C7H16N2O2. The number of aliphatic hydroxyl groups is 1. The van der Waals surface area contributed by atoms with Gasteiger partial charge in [0.1, 0.15) is 0 Å². The third-order valence-electron chi connectivity index (χ3n) is 1.37. The molecule has 0 aromatic rings. The summed E-state index contributed by atoms with van der Waals surface area (Å²) in [5, 5.41) is 11.6. The molecule has 0 aromatic heterocycles. The Morgan fingerprint density at radius 3 is 2.55 bits per heavy atom. The van der Waals surface area contributed by atoms with Crippen LogP contribution in [0.25, 0.3) is 0 Å². The van der Waals surface area contributed by atoms with Gasteiger partial charge in [-0.2, -0.15) is 0 Å². The van der Waals surface area contributed by atoms with Gasteiger partial charge < -0.3 is 15.3 Å². The van der Waals surface area contributed by atoms with Crippen LogP contribution in [0.5, 0.6) is 0 Å². The maximum Gasteiger partial charge on any atom is 0.316 e. The molecule has 2 N–H and O–H groups in total. The van der Waals surface area contributed by atoms with E-state index in [4.69, 9.17) is 5.11 Å². The Balaban J connectivity index is 3.46. The van der Waals surface area contributed by atoms with Crippen LogP contribution in [-0.2, 0) is 0 Å². The molecule has 0 heterocycles. The van der Waals surface area contributed by atoms with Gasteiger partial charge in [-0.3, -0.25) is 0 Å². The van der Waals surface area contributed by atoms with Crippen LogP contribution in [0.15, 0.2) is 0 Å². The lowest BCUT2D eigenvalue weighted by Gasteiger charge is -2.13. The molecule has 0 spiro atoms. The number of carbonyl (C=O) groups is 1. The summed E-state index contributed by atoms with van der Waals surface area (Å²) in [5.41, 5.74) is 0. The van der Waals surface area contributed by atoms with Gasteiger partial charge in [0.25, 0.3) is 0 Å². The topological polar surface area (TPSA) is 52.6 Å². The summed E-state index contributed by atoms with van der Waals surface area (Å²) < 4.78 is 0. The lowest BCUT2D eigenvalue weighted by molar-refractivity contribution is 0.162. The van der Waals surface area contributed by atoms with E-state index in [1.54, 1.807) is 14.1 Å². The van der Waals surface area contributed by atoms with E-state index in [0.29, 0.717) is 13.0 Å². The van der Waals surface area contributed by atoms with Crippen molar-refractivity contribution in [2.75, 3.05) is 20.6 Å². The van der Waals surface area contributed by atoms with Crippen LogP contribution in [0.3, 0.4) is 0 Å². The zero-order chi connectivity index (χ0) is 8.85. The molecule has 0 saturated carbocycles. The number of nitrogens with one attached hydrogen (secondary N) is 1. The predicted molar refractivity (Wildman–Crippen MR) is 43.4 cm³/mol. The number of hydrogen-bond donors (Lipinski definition) is 2. The summed E-state index contributed by atoms with van der Waals surface area (Å²) in [4.78, 5) is 12.3. The van der Waals surface area contributed by atoms with Crippen molar-refractivity contribution < 1.29 is 9.90 Å². The third kappa shape index (κ3) is 4.61. The van der Waals surface area contributed by atoms with Gasteiger partial charge in [-0.1, -0.05) is 6.92 Å². The van der Waals surface area contributed by atoms with Gasteiger partial charge in [-0.05, 0) is 6.42 Å². The fourth-order valence-corrected chi connectivity index (χ4v) is 0.508. The van der Waals surface area contributed by atoms with Crippen molar-refractivity contribution >= 4 is 6.03 Å². The standard InChI is InChI=1S/C7H16N2O2/c1-4-6(10)5-8-7(11)9(2)3/h6,10H,4-5H2,1-3H3,(H,8,11). The fraction of sp³-hybridized carbons (Fsp3) is 0.857. The SMILES string of the molecule is CCC(O)CNC(=O)N(C)C. The highest BCUT2D eigenvalue weighted by Gasteiger charge is 2.04. The van der Waals surface area contributed by atoms with Gasteiger partial charge in [-0.15, -0.1) is 0 Å². The normalized spacial score (nSPS) is 12.4. The van der Waals surface area contributed by atoms with Crippen LogP contribution in [0.1, 0.15) is 13.3 Å². The monoisotopic (exact) mass is 160 g/mol. The first kappa shape index (κ1) is 10.2. The average Bonchev–Trinajstić information content (AvgIpc) is 1.99. The Morgan fingerprint density at radius 2 is 2.18 bits per heavy atom. The average molecular weight is 160 g/mol. The van der Waals surface area contributed by atoms with Crippen LogP contribution in [0, 0.1) is 0 Å². The van der Waals surface area contributed by atoms with E-state index in [2.05, 4.69) is 5.32 Å². The van der Waals surface area contributed by atoms with Crippen LogP contribution >= 0.6 is 0 Å². The number of aliphatic hydroxyl groups excluding tert-OH is 1. The van der Waals surface area contributed by atoms with Crippen molar-refractivity contribution in [2.45, 2.75) is 19.4 Å². The second-order valence-corrected chi connectivity index (χ2v) is 2.64. The lowest BCUT2D eigenvalue weighted by Crippen LogP contribution is -2.38. The van der Waals surface area contributed by atoms with Crippen molar-refractivity contribution in [3.8, 4) is 0 Å². The van der Waals surface area contributed by atoms with Gasteiger partial charge >= 0.3 is 6.03 Å². The maximum absolute atomic E-state index is 10.9. The second-order valence-electron chi connectivity index (χ2n) is 2.64. The highest BCUT2D eigenvalue weighted by atomic mass is 16.3. The molecule has 0 saturated heterocycles. The van der Waals surface area contributed by atoms with Gasteiger partial charge in [0.15, 0.2) is 0 Å². The zero-order valence-corrected chi connectivity index (χ0v) is 7.29. The molecular weight excluding hydrogens is 144 g/mol. The minimum absolute atomic E-state index is 0.169. The van der Waals surface area contributed by atoms with Crippen molar-refractivity contribution in [1.29, 1.82) is 0 Å². The largest absolute Gasteiger partial charge is 0.391 e. The molecule has 0 aliphatic rings. The van der Waals surface area contributed by atoms with E-state index < -0.39 is 6.10 Å². The molecule has 11 heavy (non-hydrogen) atoms. The summed E-state index contributed by atoms with van der Waals surface area (Å²) >= 11 is 0. The van der Waals surface area contributed by atoms with Gasteiger partial charge in [0, 0.05) is 20.6 Å². The molecule has 0 aliphatic carbocycles. The minimum Gasteiger partial charge on any atom is -0.391 e. The maximum atomic E-state index is 10.9. The molecule has 0 radical (unpaired) electrons. The van der Waals surface area contributed by atoms with E-state index in [0.717, 1.165) is 0 Å². The number of rotatable bonds is 3. The van der Waals surface area contributed by atoms with E-state index in [9.17, 15) is 4.79 Å². The van der Waals surface area contributed by atoms with Crippen LogP contribution < -0.4 is 5.32 Å². The Hall–Kier alpha value is -0.770. The first-order chi connectivity index (χ1) is 5.07. The quantitative estimate of drug-likeness (QED) is 0.612. The molecule has 66 valence electrons. The number of carbonyl (C=O) groups excluding carboxylic acids is 1. The van der Waals surface area contributed by atoms with Crippen LogP contribution in [0.4, 0.5) is 4.79 Å². The van der Waals surface area contributed by atoms with E-state index >= 15 is 0 Å². The Kier molecular flexibility index (Phi) is 4.61. The third-order valence-corrected chi connectivity index (χ3v) is 1.37. The number of urea groups is 1. The summed E-state index contributed by atoms with van der Waals surface area (Å²) in [5.74, 6) is 0. The van der Waals surface area contributed by atoms with Crippen LogP contribution in [0.2, 0.25) is 0 Å². The van der Waals surface area contributed by atoms with Crippen molar-refractivity contribution in [1.82, 2.24) is 10.2 Å². The molecule has 1 atom stereocenters. The fourth-order valence-electron chi connectivity index (χ4n) is 0.508. The lowest BCUT2D eigenvalue weighted by atomic mass is 10.3. The summed E-state index contributed by atoms with van der Waals surface area (Å²) in [6.45, 7) is 2.19. The minimum atomic E-state index is -0.432. The van der Waals surface area contributed by atoms with Crippen molar-refractivity contribution in [3.05, 3.63) is 0 Å². The molecule has 0 rings (SSSR count). The Morgan fingerprint density at radius 1 is 1.64 bits per heavy atom. The predicted octanol–water partition coefficient (Wildman–Crippen LogP) is 0.0285. The molecule has 4 nitrogen and oxygen atoms in total. The highest BCUT2D eigenvalue weighted by Crippen LogP contribution is 1.86. The molecule has 0 bridgehead atoms. The smallest absolute Gasteiger partial charge is 0.316 e. The zero-order valence-electron chi connectivity index (χ0n) is 7.29.